The van der Waals surface area contributed by atoms with Gasteiger partial charge in [-0.25, -0.2) is 15.0 Å². The standard InChI is InChI=1S/C18H15N5O2/c24-16(13-4-2-1-3-5-13)11-22-8-9-23-17(25)10-15(21-18(22)23)14-6-7-19-12-20-14/h1-10,12,16,24H,11H2. The third kappa shape index (κ3) is 2.92. The average Bonchev–Trinajstić information content (AvgIpc) is 3.06. The van der Waals surface area contributed by atoms with Gasteiger partial charge in [-0.1, -0.05) is 30.3 Å². The molecule has 0 fully saturated rings. The minimum atomic E-state index is -0.697. The number of fused-ring (bicyclic) bond motifs is 1. The number of nitrogens with zero attached hydrogens (tertiary/aromatic N) is 5. The highest BCUT2D eigenvalue weighted by Crippen LogP contribution is 2.17. The van der Waals surface area contributed by atoms with Crippen LogP contribution in [0.3, 0.4) is 0 Å². The van der Waals surface area contributed by atoms with Gasteiger partial charge in [-0.2, -0.15) is 0 Å². The first kappa shape index (κ1) is 15.2. The Bertz CT molecular complexity index is 1060. The minimum absolute atomic E-state index is 0.202. The number of hydrogen-bond acceptors (Lipinski definition) is 5. The van der Waals surface area contributed by atoms with Crippen LogP contribution in [-0.4, -0.2) is 29.0 Å². The van der Waals surface area contributed by atoms with E-state index < -0.39 is 6.10 Å². The van der Waals surface area contributed by atoms with Crippen molar-refractivity contribution < 1.29 is 5.11 Å². The van der Waals surface area contributed by atoms with E-state index in [0.29, 0.717) is 23.7 Å². The summed E-state index contributed by atoms with van der Waals surface area (Å²) in [7, 11) is 0. The van der Waals surface area contributed by atoms with Crippen LogP contribution in [0.25, 0.3) is 17.2 Å². The lowest BCUT2D eigenvalue weighted by atomic mass is 10.1. The Morgan fingerprint density at radius 3 is 2.68 bits per heavy atom. The molecule has 0 bridgehead atoms. The summed E-state index contributed by atoms with van der Waals surface area (Å²) in [5, 5.41) is 10.5. The molecule has 4 aromatic rings. The van der Waals surface area contributed by atoms with Crippen LogP contribution in [0.1, 0.15) is 11.7 Å². The maximum absolute atomic E-state index is 12.3. The van der Waals surface area contributed by atoms with Crippen molar-refractivity contribution in [3.63, 3.8) is 0 Å². The van der Waals surface area contributed by atoms with Crippen LogP contribution >= 0.6 is 0 Å². The highest BCUT2D eigenvalue weighted by molar-refractivity contribution is 5.55. The molecular weight excluding hydrogens is 318 g/mol. The third-order valence-corrected chi connectivity index (χ3v) is 3.98. The minimum Gasteiger partial charge on any atom is -0.387 e. The maximum Gasteiger partial charge on any atom is 0.259 e. The second-order valence-corrected chi connectivity index (χ2v) is 5.62. The summed E-state index contributed by atoms with van der Waals surface area (Å²) in [6.07, 6.45) is 5.70. The Labute approximate surface area is 142 Å². The molecule has 1 unspecified atom stereocenters. The van der Waals surface area contributed by atoms with Crippen molar-refractivity contribution in [3.05, 3.63) is 83.3 Å². The van der Waals surface area contributed by atoms with E-state index in [9.17, 15) is 9.90 Å². The summed E-state index contributed by atoms with van der Waals surface area (Å²) < 4.78 is 3.20. The number of aromatic nitrogens is 5. The van der Waals surface area contributed by atoms with Crippen molar-refractivity contribution in [2.45, 2.75) is 12.6 Å². The first-order valence-electron chi connectivity index (χ1n) is 7.80. The molecule has 25 heavy (non-hydrogen) atoms. The van der Waals surface area contributed by atoms with E-state index in [1.807, 2.05) is 30.3 Å². The first-order valence-corrected chi connectivity index (χ1v) is 7.80. The monoisotopic (exact) mass is 333 g/mol. The molecule has 0 radical (unpaired) electrons. The number of benzene rings is 1. The SMILES string of the molecule is O=c1cc(-c2ccncn2)nc2n(CC(O)c3ccccc3)ccn12. The molecule has 3 aromatic heterocycles. The van der Waals surface area contributed by atoms with Gasteiger partial charge in [0.15, 0.2) is 0 Å². The third-order valence-electron chi connectivity index (χ3n) is 3.98. The van der Waals surface area contributed by atoms with Crippen molar-refractivity contribution >= 4 is 5.78 Å². The molecule has 0 saturated heterocycles. The van der Waals surface area contributed by atoms with E-state index in [-0.39, 0.29) is 5.56 Å². The number of hydrogen-bond donors (Lipinski definition) is 1. The lowest BCUT2D eigenvalue weighted by molar-refractivity contribution is 0.157. The van der Waals surface area contributed by atoms with E-state index >= 15 is 0 Å². The zero-order valence-electron chi connectivity index (χ0n) is 13.2. The van der Waals surface area contributed by atoms with Gasteiger partial charge in [-0.15, -0.1) is 0 Å². The molecular formula is C18H15N5O2. The predicted molar refractivity (Wildman–Crippen MR) is 91.9 cm³/mol. The molecule has 7 heteroatoms. The smallest absolute Gasteiger partial charge is 0.259 e. The van der Waals surface area contributed by atoms with Gasteiger partial charge in [0, 0.05) is 24.7 Å². The van der Waals surface area contributed by atoms with Crippen LogP contribution in [0.5, 0.6) is 0 Å². The molecule has 0 aliphatic heterocycles. The van der Waals surface area contributed by atoms with Gasteiger partial charge in [0.2, 0.25) is 5.78 Å². The van der Waals surface area contributed by atoms with E-state index in [2.05, 4.69) is 15.0 Å². The molecule has 0 saturated carbocycles. The first-order chi connectivity index (χ1) is 12.2. The fraction of sp³-hybridized carbons (Fsp3) is 0.111. The molecule has 0 amide bonds. The Kier molecular flexibility index (Phi) is 3.83. The van der Waals surface area contributed by atoms with Crippen molar-refractivity contribution in [1.82, 2.24) is 23.9 Å². The Morgan fingerprint density at radius 1 is 1.08 bits per heavy atom. The molecule has 1 atom stereocenters. The molecule has 0 aliphatic carbocycles. The Morgan fingerprint density at radius 2 is 1.92 bits per heavy atom. The van der Waals surface area contributed by atoms with Gasteiger partial charge in [-0.05, 0) is 11.6 Å². The summed E-state index contributed by atoms with van der Waals surface area (Å²) in [5.41, 5.74) is 1.66. The molecule has 1 aromatic carbocycles. The van der Waals surface area contributed by atoms with Crippen molar-refractivity contribution in [2.24, 2.45) is 0 Å². The summed E-state index contributed by atoms with van der Waals surface area (Å²) >= 11 is 0. The second kappa shape index (κ2) is 6.29. The summed E-state index contributed by atoms with van der Waals surface area (Å²) in [6.45, 7) is 0.292. The van der Waals surface area contributed by atoms with Crippen LogP contribution in [0.15, 0.2) is 72.2 Å². The quantitative estimate of drug-likeness (QED) is 0.614. The van der Waals surface area contributed by atoms with Gasteiger partial charge in [0.1, 0.15) is 6.33 Å². The van der Waals surface area contributed by atoms with Crippen molar-refractivity contribution in [3.8, 4) is 11.4 Å². The van der Waals surface area contributed by atoms with Crippen LogP contribution < -0.4 is 5.56 Å². The highest BCUT2D eigenvalue weighted by atomic mass is 16.3. The number of aliphatic hydroxyl groups is 1. The van der Waals surface area contributed by atoms with Crippen molar-refractivity contribution in [1.29, 1.82) is 0 Å². The summed E-state index contributed by atoms with van der Waals surface area (Å²) in [6, 6.07) is 12.5. The number of aliphatic hydroxyl groups excluding tert-OH is 1. The molecule has 3 heterocycles. The maximum atomic E-state index is 12.3. The van der Waals surface area contributed by atoms with E-state index in [4.69, 9.17) is 0 Å². The Hall–Kier alpha value is -3.32. The fourth-order valence-electron chi connectivity index (χ4n) is 2.72. The lowest BCUT2D eigenvalue weighted by Crippen LogP contribution is -2.16. The van der Waals surface area contributed by atoms with Crippen molar-refractivity contribution in [2.75, 3.05) is 0 Å². The molecule has 0 aliphatic rings. The summed E-state index contributed by atoms with van der Waals surface area (Å²) in [4.78, 5) is 24.9. The number of rotatable bonds is 4. The molecule has 7 nitrogen and oxygen atoms in total. The predicted octanol–water partition coefficient (Wildman–Crippen LogP) is 1.69. The number of imidazole rings is 1. The Balaban J connectivity index is 1.75. The second-order valence-electron chi connectivity index (χ2n) is 5.62. The van der Waals surface area contributed by atoms with Gasteiger partial charge in [0.25, 0.3) is 5.56 Å². The molecule has 4 rings (SSSR count). The highest BCUT2D eigenvalue weighted by Gasteiger charge is 2.13. The van der Waals surface area contributed by atoms with Crippen LogP contribution in [0.2, 0.25) is 0 Å². The molecule has 124 valence electrons. The van der Waals surface area contributed by atoms with Gasteiger partial charge >= 0.3 is 0 Å². The van der Waals surface area contributed by atoms with E-state index in [1.165, 1.54) is 16.8 Å². The van der Waals surface area contributed by atoms with Crippen LogP contribution in [-0.2, 0) is 6.54 Å². The van der Waals surface area contributed by atoms with Crippen LogP contribution in [0.4, 0.5) is 0 Å². The van der Waals surface area contributed by atoms with E-state index in [1.54, 1.807) is 29.2 Å². The zero-order chi connectivity index (χ0) is 17.2. The normalized spacial score (nSPS) is 12.4. The molecule has 0 spiro atoms. The zero-order valence-corrected chi connectivity index (χ0v) is 13.2. The van der Waals surface area contributed by atoms with Gasteiger partial charge in [-0.3, -0.25) is 9.20 Å². The van der Waals surface area contributed by atoms with E-state index in [0.717, 1.165) is 5.56 Å². The molecule has 1 N–H and O–H groups in total. The van der Waals surface area contributed by atoms with Gasteiger partial charge in [0.05, 0.1) is 24.0 Å². The topological polar surface area (TPSA) is 85.3 Å². The average molecular weight is 333 g/mol. The largest absolute Gasteiger partial charge is 0.387 e. The fourth-order valence-corrected chi connectivity index (χ4v) is 2.72. The van der Waals surface area contributed by atoms with Crippen LogP contribution in [0, 0.1) is 0 Å². The summed E-state index contributed by atoms with van der Waals surface area (Å²) in [5.74, 6) is 0.455. The lowest BCUT2D eigenvalue weighted by Gasteiger charge is -2.12. The van der Waals surface area contributed by atoms with Gasteiger partial charge < -0.3 is 9.67 Å².